The van der Waals surface area contributed by atoms with Gasteiger partial charge in [-0.1, -0.05) is 6.07 Å². The molecular formula is C21H19FN6O. The van der Waals surface area contributed by atoms with Crippen molar-refractivity contribution in [1.82, 2.24) is 24.3 Å². The van der Waals surface area contributed by atoms with E-state index >= 15 is 0 Å². The Hall–Kier alpha value is -3.81. The molecular weight excluding hydrogens is 371 g/mol. The van der Waals surface area contributed by atoms with Crippen molar-refractivity contribution in [3.05, 3.63) is 78.6 Å². The number of nitrogens with zero attached hydrogens (tertiary/aromatic N) is 5. The number of hydrogen-bond donors (Lipinski definition) is 1. The summed E-state index contributed by atoms with van der Waals surface area (Å²) in [5.41, 5.74) is 1.71. The van der Waals surface area contributed by atoms with Gasteiger partial charge in [0.05, 0.1) is 0 Å². The Bertz CT molecular complexity index is 1150. The summed E-state index contributed by atoms with van der Waals surface area (Å²) in [4.78, 5) is 17.3. The Morgan fingerprint density at radius 1 is 1.07 bits per heavy atom. The number of carbonyl (C=O) groups excluding carboxylic acids is 1. The van der Waals surface area contributed by atoms with E-state index < -0.39 is 0 Å². The number of rotatable bonds is 5. The molecule has 0 aliphatic rings. The van der Waals surface area contributed by atoms with Gasteiger partial charge in [0, 0.05) is 17.9 Å². The van der Waals surface area contributed by atoms with Crippen LogP contribution in [0.1, 0.15) is 30.4 Å². The van der Waals surface area contributed by atoms with Crippen LogP contribution in [-0.2, 0) is 0 Å². The highest BCUT2D eigenvalue weighted by Crippen LogP contribution is 2.20. The van der Waals surface area contributed by atoms with Gasteiger partial charge < -0.3 is 14.5 Å². The van der Waals surface area contributed by atoms with Gasteiger partial charge in [-0.25, -0.2) is 9.37 Å². The third-order valence-electron chi connectivity index (χ3n) is 4.44. The maximum atomic E-state index is 13.2. The number of halogens is 1. The smallest absolute Gasteiger partial charge is 0.273 e. The van der Waals surface area contributed by atoms with Crippen LogP contribution in [0.3, 0.4) is 0 Å². The van der Waals surface area contributed by atoms with Crippen LogP contribution in [0.2, 0.25) is 0 Å². The van der Waals surface area contributed by atoms with Gasteiger partial charge in [-0.3, -0.25) is 4.79 Å². The van der Waals surface area contributed by atoms with Crippen LogP contribution >= 0.6 is 0 Å². The van der Waals surface area contributed by atoms with E-state index in [0.717, 1.165) is 0 Å². The van der Waals surface area contributed by atoms with Crippen LogP contribution in [0.4, 0.5) is 10.2 Å². The van der Waals surface area contributed by atoms with E-state index in [4.69, 9.17) is 0 Å². The van der Waals surface area contributed by atoms with Crippen molar-refractivity contribution >= 4 is 11.7 Å². The van der Waals surface area contributed by atoms with E-state index in [2.05, 4.69) is 20.5 Å². The fourth-order valence-electron chi connectivity index (χ4n) is 3.01. The van der Waals surface area contributed by atoms with Gasteiger partial charge in [0.15, 0.2) is 5.82 Å². The lowest BCUT2D eigenvalue weighted by Gasteiger charge is -2.12. The highest BCUT2D eigenvalue weighted by Gasteiger charge is 2.15. The van der Waals surface area contributed by atoms with Gasteiger partial charge >= 0.3 is 0 Å². The zero-order valence-electron chi connectivity index (χ0n) is 16.0. The van der Waals surface area contributed by atoms with E-state index in [1.54, 1.807) is 53.5 Å². The first-order valence-electron chi connectivity index (χ1n) is 9.14. The SMILES string of the molecule is CC(C)n1cnnc1-c1cccc(NC(=O)c2cccn2-c2ccc(F)cc2)n1. The second-order valence-corrected chi connectivity index (χ2v) is 6.76. The molecule has 0 saturated heterocycles. The molecule has 1 amide bonds. The Balaban J connectivity index is 1.60. The lowest BCUT2D eigenvalue weighted by Crippen LogP contribution is -2.17. The van der Waals surface area contributed by atoms with Gasteiger partial charge in [0.2, 0.25) is 0 Å². The number of amides is 1. The lowest BCUT2D eigenvalue weighted by molar-refractivity contribution is 0.102. The van der Waals surface area contributed by atoms with Crippen molar-refractivity contribution in [2.24, 2.45) is 0 Å². The van der Waals surface area contributed by atoms with Gasteiger partial charge in [-0.15, -0.1) is 10.2 Å². The van der Waals surface area contributed by atoms with Crippen LogP contribution < -0.4 is 5.32 Å². The molecule has 0 fully saturated rings. The summed E-state index contributed by atoms with van der Waals surface area (Å²) in [5.74, 6) is 0.375. The Morgan fingerprint density at radius 3 is 2.62 bits per heavy atom. The summed E-state index contributed by atoms with van der Waals surface area (Å²) < 4.78 is 16.8. The molecule has 0 radical (unpaired) electrons. The zero-order valence-corrected chi connectivity index (χ0v) is 16.0. The predicted octanol–water partition coefficient (Wildman–Crippen LogP) is 4.10. The van der Waals surface area contributed by atoms with Crippen molar-refractivity contribution < 1.29 is 9.18 Å². The van der Waals surface area contributed by atoms with E-state index in [-0.39, 0.29) is 17.8 Å². The molecule has 0 aliphatic carbocycles. The van der Waals surface area contributed by atoms with Crippen LogP contribution in [0, 0.1) is 5.82 Å². The van der Waals surface area contributed by atoms with E-state index in [0.29, 0.717) is 28.7 Å². The number of anilines is 1. The lowest BCUT2D eigenvalue weighted by atomic mass is 10.3. The monoisotopic (exact) mass is 390 g/mol. The van der Waals surface area contributed by atoms with E-state index in [1.807, 2.05) is 24.5 Å². The first-order valence-corrected chi connectivity index (χ1v) is 9.14. The predicted molar refractivity (Wildman–Crippen MR) is 107 cm³/mol. The molecule has 1 aromatic carbocycles. The Morgan fingerprint density at radius 2 is 1.86 bits per heavy atom. The van der Waals surface area contributed by atoms with Gasteiger partial charge in [0.25, 0.3) is 5.91 Å². The molecule has 0 bridgehead atoms. The topological polar surface area (TPSA) is 77.6 Å². The summed E-state index contributed by atoms with van der Waals surface area (Å²) in [6.07, 6.45) is 3.40. The molecule has 0 saturated carbocycles. The third-order valence-corrected chi connectivity index (χ3v) is 4.44. The minimum absolute atomic E-state index is 0.180. The standard InChI is InChI=1S/C21H19FN6O/c1-14(2)28-13-23-26-20(28)17-5-3-7-19(24-17)25-21(29)18-6-4-12-27(18)16-10-8-15(22)9-11-16/h3-14H,1-2H3,(H,24,25,29). The van der Waals surface area contributed by atoms with Crippen molar-refractivity contribution in [2.75, 3.05) is 5.32 Å². The van der Waals surface area contributed by atoms with Crippen LogP contribution in [0.25, 0.3) is 17.2 Å². The highest BCUT2D eigenvalue weighted by atomic mass is 19.1. The number of hydrogen-bond acceptors (Lipinski definition) is 4. The summed E-state index contributed by atoms with van der Waals surface area (Å²) in [6.45, 7) is 4.06. The maximum absolute atomic E-state index is 13.2. The van der Waals surface area contributed by atoms with Crippen molar-refractivity contribution in [3.8, 4) is 17.2 Å². The van der Waals surface area contributed by atoms with Crippen LogP contribution in [0.5, 0.6) is 0 Å². The van der Waals surface area contributed by atoms with E-state index in [9.17, 15) is 9.18 Å². The molecule has 0 spiro atoms. The molecule has 3 heterocycles. The first kappa shape index (κ1) is 18.5. The average Bonchev–Trinajstić information content (AvgIpc) is 3.39. The van der Waals surface area contributed by atoms with Gasteiger partial charge in [-0.2, -0.15) is 0 Å². The molecule has 0 aliphatic heterocycles. The molecule has 1 N–H and O–H groups in total. The summed E-state index contributed by atoms with van der Waals surface area (Å²) in [5, 5.41) is 10.9. The number of carbonyl (C=O) groups is 1. The molecule has 0 atom stereocenters. The highest BCUT2D eigenvalue weighted by molar-refractivity contribution is 6.03. The fourth-order valence-corrected chi connectivity index (χ4v) is 3.01. The van der Waals surface area contributed by atoms with Crippen molar-refractivity contribution in [2.45, 2.75) is 19.9 Å². The molecule has 146 valence electrons. The number of benzene rings is 1. The normalized spacial score (nSPS) is 11.0. The number of aromatic nitrogens is 5. The minimum Gasteiger partial charge on any atom is -0.312 e. The second-order valence-electron chi connectivity index (χ2n) is 6.76. The Kier molecular flexibility index (Phi) is 4.90. The molecule has 29 heavy (non-hydrogen) atoms. The largest absolute Gasteiger partial charge is 0.312 e. The van der Waals surface area contributed by atoms with Crippen LogP contribution in [-0.4, -0.2) is 30.2 Å². The molecule has 8 heteroatoms. The fraction of sp³-hybridized carbons (Fsp3) is 0.143. The minimum atomic E-state index is -0.331. The van der Waals surface area contributed by atoms with Crippen molar-refractivity contribution in [3.63, 3.8) is 0 Å². The van der Waals surface area contributed by atoms with Crippen molar-refractivity contribution in [1.29, 1.82) is 0 Å². The molecule has 0 unspecified atom stereocenters. The van der Waals surface area contributed by atoms with Gasteiger partial charge in [0.1, 0.15) is 29.4 Å². The Labute approximate surface area is 166 Å². The van der Waals surface area contributed by atoms with Crippen LogP contribution in [0.15, 0.2) is 67.1 Å². The quantitative estimate of drug-likeness (QED) is 0.556. The molecule has 4 rings (SSSR count). The number of pyridine rings is 1. The summed E-state index contributed by atoms with van der Waals surface area (Å²) >= 11 is 0. The number of nitrogens with one attached hydrogen (secondary N) is 1. The zero-order chi connectivity index (χ0) is 20.4. The molecule has 7 nitrogen and oxygen atoms in total. The summed E-state index contributed by atoms with van der Waals surface area (Å²) in [7, 11) is 0. The third kappa shape index (κ3) is 3.77. The summed E-state index contributed by atoms with van der Waals surface area (Å²) in [6, 6.07) is 14.9. The first-order chi connectivity index (χ1) is 14.0. The molecule has 3 aromatic heterocycles. The van der Waals surface area contributed by atoms with Gasteiger partial charge in [-0.05, 0) is 62.4 Å². The molecule has 4 aromatic rings. The second kappa shape index (κ2) is 7.67. The van der Waals surface area contributed by atoms with E-state index in [1.165, 1.54) is 12.1 Å². The average molecular weight is 390 g/mol. The maximum Gasteiger partial charge on any atom is 0.273 e.